The van der Waals surface area contributed by atoms with Crippen LogP contribution < -0.4 is 10.9 Å². The molecular weight excluding hydrogens is 360 g/mol. The maximum absolute atomic E-state index is 12.9. The van der Waals surface area contributed by atoms with Crippen molar-refractivity contribution < 1.29 is 14.8 Å². The second kappa shape index (κ2) is 8.57. The van der Waals surface area contributed by atoms with Crippen LogP contribution >= 0.6 is 0 Å². The van der Waals surface area contributed by atoms with Crippen molar-refractivity contribution in [3.8, 4) is 0 Å². The Morgan fingerprint density at radius 3 is 2.79 bits per heavy atom. The van der Waals surface area contributed by atoms with E-state index in [2.05, 4.69) is 22.1 Å². The second-order valence-electron chi connectivity index (χ2n) is 7.48. The van der Waals surface area contributed by atoms with E-state index in [9.17, 15) is 14.8 Å². The Balaban J connectivity index is 1.76. The highest BCUT2D eigenvalue weighted by molar-refractivity contribution is 5.96. The summed E-state index contributed by atoms with van der Waals surface area (Å²) in [7, 11) is 0. The molecule has 0 radical (unpaired) electrons. The number of hydrogen-bond donors (Lipinski definition) is 2. The maximum atomic E-state index is 12.9. The number of unbranched alkanes of at least 4 members (excludes halogenated alkanes) is 1. The average Bonchev–Trinajstić information content (AvgIpc) is 2.67. The van der Waals surface area contributed by atoms with Gasteiger partial charge in [0.2, 0.25) is 6.41 Å². The first kappa shape index (κ1) is 20.1. The molecule has 1 heterocycles. The maximum Gasteiger partial charge on any atom is 0.269 e. The first-order chi connectivity index (χ1) is 13.4. The number of hydrogen-bond acceptors (Lipinski definition) is 7. The number of carbonyl (C=O) groups excluding carboxylic acids is 2. The molecule has 1 aromatic heterocycles. The first-order valence-electron chi connectivity index (χ1n) is 9.56. The summed E-state index contributed by atoms with van der Waals surface area (Å²) < 4.78 is 0. The topological polar surface area (TPSA) is 126 Å². The molecule has 1 fully saturated rings. The van der Waals surface area contributed by atoms with Crippen molar-refractivity contribution in [2.24, 2.45) is 17.7 Å². The van der Waals surface area contributed by atoms with Crippen molar-refractivity contribution in [2.45, 2.75) is 52.0 Å². The van der Waals surface area contributed by atoms with Gasteiger partial charge in [0.15, 0.2) is 0 Å². The Hall–Kier alpha value is -2.65. The van der Waals surface area contributed by atoms with Crippen LogP contribution in [0.4, 0.5) is 5.95 Å². The number of anilines is 1. The van der Waals surface area contributed by atoms with Gasteiger partial charge >= 0.3 is 0 Å². The molecule has 1 aliphatic carbocycles. The molecule has 3 N–H and O–H groups in total. The zero-order chi connectivity index (χ0) is 20.3. The standard InChI is InChI=1S/C19H26N6O3/c1-3-4-5-13-9-14(10-13)17(24(28)11-26)18(27)25(20)19-21-15-7-6-12(2)8-16(15)22-23-19/h6-8,11,13-14,17,28H,3-5,9-10,20H2,1-2H3. The SMILES string of the molecule is CCCCC1CC(C(C(=O)N(N)c2nnc3cc(C)ccc3n2)N(O)C=O)C1. The number of carbonyl (C=O) groups is 2. The number of amides is 2. The number of nitrogens with zero attached hydrogens (tertiary/aromatic N) is 5. The zero-order valence-electron chi connectivity index (χ0n) is 16.2. The minimum Gasteiger partial charge on any atom is -0.285 e. The Labute approximate surface area is 163 Å². The van der Waals surface area contributed by atoms with Crippen molar-refractivity contribution in [3.05, 3.63) is 23.8 Å². The summed E-state index contributed by atoms with van der Waals surface area (Å²) in [5, 5.41) is 19.1. The third-order valence-corrected chi connectivity index (χ3v) is 5.38. The fourth-order valence-electron chi connectivity index (χ4n) is 3.75. The van der Waals surface area contributed by atoms with Gasteiger partial charge in [0.05, 0.1) is 5.52 Å². The van der Waals surface area contributed by atoms with Crippen LogP contribution in [-0.4, -0.2) is 43.8 Å². The number of aromatic nitrogens is 3. The number of aryl methyl sites for hydroxylation is 1. The summed E-state index contributed by atoms with van der Waals surface area (Å²) in [4.78, 5) is 28.3. The Morgan fingerprint density at radius 2 is 2.11 bits per heavy atom. The fraction of sp³-hybridized carbons (Fsp3) is 0.526. The number of hydrazine groups is 1. The number of nitrogens with two attached hydrogens (primary N) is 1. The lowest BCUT2D eigenvalue weighted by Crippen LogP contribution is -2.56. The van der Waals surface area contributed by atoms with Crippen LogP contribution in [0.25, 0.3) is 11.0 Å². The molecule has 9 nitrogen and oxygen atoms in total. The molecule has 2 amide bonds. The molecule has 150 valence electrons. The van der Waals surface area contributed by atoms with Crippen molar-refractivity contribution in [1.82, 2.24) is 20.2 Å². The lowest BCUT2D eigenvalue weighted by Gasteiger charge is -2.41. The van der Waals surface area contributed by atoms with E-state index in [0.717, 1.165) is 42.7 Å². The Morgan fingerprint density at radius 1 is 1.36 bits per heavy atom. The molecule has 2 aromatic rings. The van der Waals surface area contributed by atoms with Crippen LogP contribution in [0.1, 0.15) is 44.6 Å². The van der Waals surface area contributed by atoms with Crippen molar-refractivity contribution in [2.75, 3.05) is 5.01 Å². The molecule has 0 spiro atoms. The fourth-order valence-corrected chi connectivity index (χ4v) is 3.75. The second-order valence-corrected chi connectivity index (χ2v) is 7.48. The summed E-state index contributed by atoms with van der Waals surface area (Å²) >= 11 is 0. The van der Waals surface area contributed by atoms with Crippen LogP contribution in [0.3, 0.4) is 0 Å². The van der Waals surface area contributed by atoms with Gasteiger partial charge in [0, 0.05) is 0 Å². The summed E-state index contributed by atoms with van der Waals surface area (Å²) in [6.45, 7) is 4.07. The molecule has 1 saturated carbocycles. The van der Waals surface area contributed by atoms with Crippen LogP contribution in [0.15, 0.2) is 18.2 Å². The molecule has 9 heteroatoms. The number of benzene rings is 1. The van der Waals surface area contributed by atoms with Gasteiger partial charge < -0.3 is 0 Å². The lowest BCUT2D eigenvalue weighted by atomic mass is 9.69. The van der Waals surface area contributed by atoms with E-state index in [1.165, 1.54) is 0 Å². The smallest absolute Gasteiger partial charge is 0.269 e. The summed E-state index contributed by atoms with van der Waals surface area (Å²) in [6, 6.07) is 4.42. The first-order valence-corrected chi connectivity index (χ1v) is 9.56. The van der Waals surface area contributed by atoms with Crippen LogP contribution in [0, 0.1) is 18.8 Å². The predicted molar refractivity (Wildman–Crippen MR) is 103 cm³/mol. The van der Waals surface area contributed by atoms with Crippen LogP contribution in [0.5, 0.6) is 0 Å². The number of fused-ring (bicyclic) bond motifs is 1. The van der Waals surface area contributed by atoms with Gasteiger partial charge in [-0.05, 0) is 49.3 Å². The van der Waals surface area contributed by atoms with Crippen LogP contribution in [0.2, 0.25) is 0 Å². The van der Waals surface area contributed by atoms with Gasteiger partial charge in [-0.3, -0.25) is 14.8 Å². The lowest BCUT2D eigenvalue weighted by molar-refractivity contribution is -0.176. The van der Waals surface area contributed by atoms with E-state index >= 15 is 0 Å². The monoisotopic (exact) mass is 386 g/mol. The largest absolute Gasteiger partial charge is 0.285 e. The van der Waals surface area contributed by atoms with E-state index in [4.69, 9.17) is 5.84 Å². The van der Waals surface area contributed by atoms with Gasteiger partial charge in [-0.1, -0.05) is 32.3 Å². The van der Waals surface area contributed by atoms with Gasteiger partial charge in [-0.25, -0.2) is 20.9 Å². The zero-order valence-corrected chi connectivity index (χ0v) is 16.2. The van der Waals surface area contributed by atoms with Gasteiger partial charge in [0.1, 0.15) is 11.6 Å². The third kappa shape index (κ3) is 4.10. The van der Waals surface area contributed by atoms with E-state index in [1.54, 1.807) is 6.07 Å². The van der Waals surface area contributed by atoms with E-state index in [1.807, 2.05) is 19.1 Å². The number of hydroxylamine groups is 2. The minimum atomic E-state index is -1.06. The molecule has 0 saturated heterocycles. The molecule has 28 heavy (non-hydrogen) atoms. The highest BCUT2D eigenvalue weighted by Gasteiger charge is 2.43. The van der Waals surface area contributed by atoms with Gasteiger partial charge in [-0.15, -0.1) is 10.2 Å². The molecule has 1 aliphatic rings. The molecule has 1 aromatic carbocycles. The van der Waals surface area contributed by atoms with Crippen LogP contribution in [-0.2, 0) is 9.59 Å². The molecular formula is C19H26N6O3. The minimum absolute atomic E-state index is 0.0764. The molecule has 1 unspecified atom stereocenters. The normalized spacial score (nSPS) is 19.7. The molecule has 1 atom stereocenters. The van der Waals surface area contributed by atoms with Crippen molar-refractivity contribution in [1.29, 1.82) is 0 Å². The predicted octanol–water partition coefficient (Wildman–Crippen LogP) is 1.97. The Kier molecular flexibility index (Phi) is 6.15. The van der Waals surface area contributed by atoms with Gasteiger partial charge in [-0.2, -0.15) is 0 Å². The molecule has 0 bridgehead atoms. The Bertz CT molecular complexity index is 855. The summed E-state index contributed by atoms with van der Waals surface area (Å²) in [5.74, 6) is 5.60. The van der Waals surface area contributed by atoms with Gasteiger partial charge in [0.25, 0.3) is 11.9 Å². The number of rotatable bonds is 8. The van der Waals surface area contributed by atoms with E-state index in [0.29, 0.717) is 22.0 Å². The highest BCUT2D eigenvalue weighted by Crippen LogP contribution is 2.40. The average molecular weight is 386 g/mol. The summed E-state index contributed by atoms with van der Waals surface area (Å²) in [5.41, 5.74) is 2.16. The summed E-state index contributed by atoms with van der Waals surface area (Å²) in [6.07, 6.45) is 5.11. The van der Waals surface area contributed by atoms with Crippen molar-refractivity contribution >= 4 is 29.3 Å². The van der Waals surface area contributed by atoms with E-state index < -0.39 is 11.9 Å². The highest BCUT2D eigenvalue weighted by atomic mass is 16.5. The quantitative estimate of drug-likeness (QED) is 0.233. The third-order valence-electron chi connectivity index (χ3n) is 5.38. The van der Waals surface area contributed by atoms with Crippen molar-refractivity contribution in [3.63, 3.8) is 0 Å². The molecule has 0 aliphatic heterocycles. The van der Waals surface area contributed by atoms with E-state index in [-0.39, 0.29) is 18.3 Å². The molecule has 3 rings (SSSR count).